The molecule has 0 saturated carbocycles. The van der Waals surface area contributed by atoms with Crippen LogP contribution in [0.25, 0.3) is 0 Å². The van der Waals surface area contributed by atoms with E-state index in [2.05, 4.69) is 20.6 Å². The largest absolute Gasteiger partial charge is 0.391 e. The van der Waals surface area contributed by atoms with Crippen LogP contribution in [0.5, 0.6) is 17.2 Å². The van der Waals surface area contributed by atoms with E-state index < -0.39 is 30.0 Å². The second kappa shape index (κ2) is 17.0. The fourth-order valence-corrected chi connectivity index (χ4v) is 5.42. The molecule has 0 aromatic heterocycles. The first-order valence-electron chi connectivity index (χ1n) is 14.7. The molecule has 0 unspecified atom stereocenters. The Morgan fingerprint density at radius 2 is 1.08 bits per heavy atom. The molecular weight excluding hydrogens is 701 g/mol. The average Bonchev–Trinajstić information content (AvgIpc) is 3.11. The molecule has 260 valence electrons. The lowest BCUT2D eigenvalue weighted by molar-refractivity contribution is 0.132. The van der Waals surface area contributed by atoms with Gasteiger partial charge in [0.25, 0.3) is 20.2 Å². The lowest BCUT2D eigenvalue weighted by atomic mass is 10.2. The van der Waals surface area contributed by atoms with Gasteiger partial charge in [-0.1, -0.05) is 81.3 Å². The molecule has 0 bridgehead atoms. The van der Waals surface area contributed by atoms with Crippen molar-refractivity contribution >= 4 is 45.1 Å². The van der Waals surface area contributed by atoms with Crippen molar-refractivity contribution in [2.75, 3.05) is 0 Å². The highest BCUT2D eigenvalue weighted by Gasteiger charge is 2.19. The van der Waals surface area contributed by atoms with Crippen molar-refractivity contribution in [3.8, 4) is 17.2 Å². The van der Waals surface area contributed by atoms with Gasteiger partial charge in [-0.15, -0.1) is 0 Å². The summed E-state index contributed by atoms with van der Waals surface area (Å²) < 4.78 is 64.8. The average molecular weight is 729 g/mol. The third-order valence-corrected chi connectivity index (χ3v) is 8.34. The van der Waals surface area contributed by atoms with Gasteiger partial charge in [-0.05, 0) is 82.9 Å². The number of hydrogen-bond donors (Lipinski definition) is 2. The minimum atomic E-state index is -4.85. The molecule has 5 rings (SSSR count). The third kappa shape index (κ3) is 11.4. The zero-order chi connectivity index (χ0) is 36.1. The van der Waals surface area contributed by atoms with Crippen molar-refractivity contribution < 1.29 is 45.3 Å². The van der Waals surface area contributed by atoms with Gasteiger partial charge in [0.1, 0.15) is 11.5 Å². The minimum absolute atomic E-state index is 0.182. The van der Waals surface area contributed by atoms with E-state index in [1.807, 2.05) is 42.5 Å². The van der Waals surface area contributed by atoms with Gasteiger partial charge in [0.15, 0.2) is 17.2 Å². The summed E-state index contributed by atoms with van der Waals surface area (Å²) in [7, 11) is -9.56. The normalized spacial score (nSPS) is 12.2. The third-order valence-electron chi connectivity index (χ3n) is 6.58. The zero-order valence-corrected chi connectivity index (χ0v) is 28.0. The Bertz CT molecular complexity index is 2300. The summed E-state index contributed by atoms with van der Waals surface area (Å²) in [5.74, 6) is 1.22. The van der Waals surface area contributed by atoms with Gasteiger partial charge < -0.3 is 19.4 Å². The Morgan fingerprint density at radius 1 is 0.510 bits per heavy atom. The predicted molar refractivity (Wildman–Crippen MR) is 189 cm³/mol. The van der Waals surface area contributed by atoms with Gasteiger partial charge in [0, 0.05) is 5.56 Å². The number of oxime groups is 4. The maximum absolute atomic E-state index is 11.7. The quantitative estimate of drug-likeness (QED) is 0.0737. The SMILES string of the molecule is O=S(=O)(O)c1ccc(/C=N/Oc2cccc(/C=N/Oc3ccc(/C=N/Oc4cccc(/C=N/OCc5ccccc5)c4)cc3)c2)c(S(=O)(=O)O)c1. The molecule has 0 aliphatic carbocycles. The van der Waals surface area contributed by atoms with E-state index in [9.17, 15) is 25.9 Å². The Kier molecular flexibility index (Phi) is 12.0. The molecule has 14 nitrogen and oxygen atoms in total. The first-order valence-corrected chi connectivity index (χ1v) is 17.6. The highest BCUT2D eigenvalue weighted by atomic mass is 32.2. The van der Waals surface area contributed by atoms with Crippen LogP contribution in [0.2, 0.25) is 0 Å². The van der Waals surface area contributed by atoms with E-state index >= 15 is 0 Å². The fourth-order valence-electron chi connectivity index (χ4n) is 4.15. The van der Waals surface area contributed by atoms with Crippen molar-refractivity contribution in [2.45, 2.75) is 16.4 Å². The van der Waals surface area contributed by atoms with E-state index in [4.69, 9.17) is 19.4 Å². The molecule has 0 fully saturated rings. The molecule has 5 aromatic rings. The number of hydrogen-bond acceptors (Lipinski definition) is 12. The molecule has 51 heavy (non-hydrogen) atoms. The van der Waals surface area contributed by atoms with Crippen LogP contribution in [0.3, 0.4) is 0 Å². The highest BCUT2D eigenvalue weighted by molar-refractivity contribution is 7.86. The van der Waals surface area contributed by atoms with E-state index in [-0.39, 0.29) is 11.3 Å². The van der Waals surface area contributed by atoms with Gasteiger partial charge in [-0.25, -0.2) is 0 Å². The van der Waals surface area contributed by atoms with Crippen LogP contribution in [0, 0.1) is 0 Å². The Labute approximate surface area is 293 Å². The standard InChI is InChI=1S/C35H28N4O10S2/c40-50(41,42)34-17-14-30(35(20-34)51(43,44)45)24-39-49-33-11-5-9-29(19-33)23-38-47-31-15-12-26(13-16-31)21-37-48-32-10-4-8-28(18-32)22-36-46-25-27-6-2-1-3-7-27/h1-24H,25H2,(H,40,41,42)(H,43,44,45)/b36-22+,37-21+,38-23+,39-24+. The van der Waals surface area contributed by atoms with Crippen LogP contribution in [-0.4, -0.2) is 50.8 Å². The lowest BCUT2D eigenvalue weighted by Crippen LogP contribution is -2.07. The minimum Gasteiger partial charge on any atom is -0.391 e. The molecule has 0 heterocycles. The van der Waals surface area contributed by atoms with Gasteiger partial charge in [-0.3, -0.25) is 9.11 Å². The molecule has 0 amide bonds. The van der Waals surface area contributed by atoms with Crippen molar-refractivity contribution in [2.24, 2.45) is 20.6 Å². The van der Waals surface area contributed by atoms with Crippen LogP contribution in [0.4, 0.5) is 0 Å². The maximum Gasteiger partial charge on any atom is 0.295 e. The summed E-state index contributed by atoms with van der Waals surface area (Å²) in [4.78, 5) is 20.0. The van der Waals surface area contributed by atoms with Crippen LogP contribution in [0.1, 0.15) is 27.8 Å². The summed E-state index contributed by atoms with van der Waals surface area (Å²) in [5.41, 5.74) is 2.95. The van der Waals surface area contributed by atoms with E-state index in [1.165, 1.54) is 6.21 Å². The number of nitrogens with zero attached hydrogens (tertiary/aromatic N) is 4. The molecular formula is C35H28N4O10S2. The van der Waals surface area contributed by atoms with Crippen molar-refractivity contribution in [3.63, 3.8) is 0 Å². The van der Waals surface area contributed by atoms with E-state index in [1.54, 1.807) is 73.1 Å². The lowest BCUT2D eigenvalue weighted by Gasteiger charge is -2.05. The van der Waals surface area contributed by atoms with Crippen molar-refractivity contribution in [1.29, 1.82) is 0 Å². The van der Waals surface area contributed by atoms with E-state index in [0.29, 0.717) is 29.7 Å². The molecule has 0 spiro atoms. The topological polar surface area (TPSA) is 195 Å². The highest BCUT2D eigenvalue weighted by Crippen LogP contribution is 2.20. The maximum atomic E-state index is 11.7. The van der Waals surface area contributed by atoms with E-state index in [0.717, 1.165) is 35.0 Å². The molecule has 0 aliphatic heterocycles. The van der Waals surface area contributed by atoms with Crippen LogP contribution >= 0.6 is 0 Å². The number of benzene rings is 5. The van der Waals surface area contributed by atoms with Crippen molar-refractivity contribution in [1.82, 2.24) is 0 Å². The molecule has 5 aromatic carbocycles. The second-order valence-electron chi connectivity index (χ2n) is 10.3. The Hall–Kier alpha value is -6.20. The Morgan fingerprint density at radius 3 is 1.69 bits per heavy atom. The first-order chi connectivity index (χ1) is 24.5. The van der Waals surface area contributed by atoms with Gasteiger partial charge >= 0.3 is 0 Å². The Balaban J connectivity index is 1.10. The second-order valence-corrected chi connectivity index (χ2v) is 13.1. The zero-order valence-electron chi connectivity index (χ0n) is 26.3. The molecule has 2 N–H and O–H groups in total. The van der Waals surface area contributed by atoms with Crippen molar-refractivity contribution in [3.05, 3.63) is 149 Å². The van der Waals surface area contributed by atoms with Crippen LogP contribution < -0.4 is 14.5 Å². The summed E-state index contributed by atoms with van der Waals surface area (Å²) in [5, 5.41) is 15.7. The van der Waals surface area contributed by atoms with Crippen LogP contribution in [-0.2, 0) is 31.7 Å². The fraction of sp³-hybridized carbons (Fsp3) is 0.0286. The summed E-state index contributed by atoms with van der Waals surface area (Å²) in [6.45, 7) is 0.369. The monoisotopic (exact) mass is 728 g/mol. The molecule has 0 atom stereocenters. The predicted octanol–water partition coefficient (Wildman–Crippen LogP) is 5.97. The summed E-state index contributed by atoms with van der Waals surface area (Å²) in [6.07, 6.45) is 5.52. The molecule has 0 aliphatic rings. The molecule has 0 saturated heterocycles. The summed E-state index contributed by atoms with van der Waals surface area (Å²) >= 11 is 0. The van der Waals surface area contributed by atoms with Crippen LogP contribution in [0.15, 0.2) is 152 Å². The van der Waals surface area contributed by atoms with Gasteiger partial charge in [0.2, 0.25) is 0 Å². The smallest absolute Gasteiger partial charge is 0.295 e. The number of rotatable bonds is 15. The molecule has 0 radical (unpaired) electrons. The van der Waals surface area contributed by atoms with Gasteiger partial charge in [-0.2, -0.15) is 16.8 Å². The summed E-state index contributed by atoms with van der Waals surface area (Å²) in [6, 6.07) is 33.0. The molecule has 16 heteroatoms. The van der Waals surface area contributed by atoms with Gasteiger partial charge in [0.05, 0.1) is 29.8 Å². The first kappa shape index (κ1) is 36.1.